The van der Waals surface area contributed by atoms with Crippen LogP contribution in [0.4, 0.5) is 9.80 Å². The molecular formula is C22H25N3O4S. The topological polar surface area (TPSA) is 91.7 Å². The molecule has 1 aromatic heterocycles. The lowest BCUT2D eigenvalue weighted by Crippen LogP contribution is -2.35. The van der Waals surface area contributed by atoms with Crippen molar-refractivity contribution in [2.75, 3.05) is 25.6 Å². The van der Waals surface area contributed by atoms with Crippen molar-refractivity contribution in [1.82, 2.24) is 4.90 Å². The van der Waals surface area contributed by atoms with Crippen LogP contribution in [0.15, 0.2) is 24.3 Å². The summed E-state index contributed by atoms with van der Waals surface area (Å²) >= 11 is 1.36. The molecule has 30 heavy (non-hydrogen) atoms. The van der Waals surface area contributed by atoms with Crippen LogP contribution in [0.2, 0.25) is 0 Å². The fourth-order valence-electron chi connectivity index (χ4n) is 3.50. The van der Waals surface area contributed by atoms with E-state index in [9.17, 15) is 14.9 Å². The molecule has 1 N–H and O–H groups in total. The highest BCUT2D eigenvalue weighted by Gasteiger charge is 2.28. The third-order valence-electron chi connectivity index (χ3n) is 5.10. The number of carbonyl (C=O) groups is 2. The van der Waals surface area contributed by atoms with Gasteiger partial charge in [-0.05, 0) is 42.5 Å². The Kier molecular flexibility index (Phi) is 6.95. The van der Waals surface area contributed by atoms with Crippen LogP contribution in [0.3, 0.4) is 0 Å². The molecule has 2 aromatic rings. The number of hydrogen-bond acceptors (Lipinski definition) is 6. The van der Waals surface area contributed by atoms with Gasteiger partial charge >= 0.3 is 6.09 Å². The van der Waals surface area contributed by atoms with E-state index in [1.807, 2.05) is 31.2 Å². The van der Waals surface area contributed by atoms with Crippen molar-refractivity contribution >= 4 is 28.3 Å². The molecule has 1 unspecified atom stereocenters. The minimum atomic E-state index is -0.354. The maximum Gasteiger partial charge on any atom is 0.410 e. The van der Waals surface area contributed by atoms with Crippen LogP contribution in [-0.2, 0) is 22.5 Å². The highest BCUT2D eigenvalue weighted by atomic mass is 32.1. The molecule has 1 aromatic carbocycles. The molecule has 0 radical (unpaired) electrons. The number of amides is 2. The smallest absolute Gasteiger partial charge is 0.410 e. The maximum atomic E-state index is 12.7. The van der Waals surface area contributed by atoms with Gasteiger partial charge < -0.3 is 19.7 Å². The summed E-state index contributed by atoms with van der Waals surface area (Å²) < 4.78 is 10.3. The second-order valence-corrected chi connectivity index (χ2v) is 8.23. The Bertz CT molecular complexity index is 979. The van der Waals surface area contributed by atoms with E-state index in [-0.39, 0.29) is 24.3 Å². The van der Waals surface area contributed by atoms with Crippen LogP contribution in [0.1, 0.15) is 47.8 Å². The summed E-state index contributed by atoms with van der Waals surface area (Å²) in [6.07, 6.45) is 0.506. The largest absolute Gasteiger partial charge is 0.497 e. The number of fused-ring (bicyclic) bond motifs is 1. The summed E-state index contributed by atoms with van der Waals surface area (Å²) in [7, 11) is 1.61. The van der Waals surface area contributed by atoms with Gasteiger partial charge in [-0.15, -0.1) is 11.3 Å². The Hall–Kier alpha value is -3.05. The number of anilines is 1. The molecule has 0 saturated heterocycles. The zero-order valence-electron chi connectivity index (χ0n) is 17.4. The van der Waals surface area contributed by atoms with Crippen molar-refractivity contribution in [2.24, 2.45) is 0 Å². The molecular weight excluding hydrogens is 402 g/mol. The zero-order chi connectivity index (χ0) is 21.7. The average Bonchev–Trinajstić information content (AvgIpc) is 3.09. The normalized spacial score (nSPS) is 13.7. The molecule has 0 fully saturated rings. The van der Waals surface area contributed by atoms with E-state index in [4.69, 9.17) is 9.47 Å². The van der Waals surface area contributed by atoms with Crippen molar-refractivity contribution in [1.29, 1.82) is 5.26 Å². The van der Waals surface area contributed by atoms with Crippen molar-refractivity contribution in [3.05, 3.63) is 45.8 Å². The number of nitrogens with zero attached hydrogens (tertiary/aromatic N) is 2. The molecule has 0 aliphatic carbocycles. The fraction of sp³-hybridized carbons (Fsp3) is 0.409. The number of nitrogens with one attached hydrogen (secondary N) is 1. The van der Waals surface area contributed by atoms with Crippen LogP contribution in [0.5, 0.6) is 5.75 Å². The third-order valence-corrected chi connectivity index (χ3v) is 6.23. The van der Waals surface area contributed by atoms with Crippen LogP contribution >= 0.6 is 11.3 Å². The summed E-state index contributed by atoms with van der Waals surface area (Å²) in [5, 5.41) is 13.1. The lowest BCUT2D eigenvalue weighted by Gasteiger charge is -2.25. The first-order chi connectivity index (χ1) is 14.5. The van der Waals surface area contributed by atoms with Gasteiger partial charge in [0.15, 0.2) is 0 Å². The summed E-state index contributed by atoms with van der Waals surface area (Å²) in [5.74, 6) is 0.603. The summed E-state index contributed by atoms with van der Waals surface area (Å²) in [6.45, 7) is 4.96. The molecule has 1 aliphatic heterocycles. The standard InChI is InChI=1S/C22H25N3O4S/c1-4-29-22(27)25-9-8-17-18(12-23)21(30-19(17)13-25)24-20(26)10-14(2)15-6-5-7-16(11-15)28-3/h5-7,11,14H,4,8-10,13H2,1-3H3,(H,24,26). The number of carbonyl (C=O) groups excluding carboxylic acids is 2. The Balaban J connectivity index is 1.70. The van der Waals surface area contributed by atoms with Gasteiger partial charge in [-0.3, -0.25) is 4.79 Å². The number of thiophene rings is 1. The summed E-state index contributed by atoms with van der Waals surface area (Å²) in [4.78, 5) is 27.2. The SMILES string of the molecule is CCOC(=O)N1CCc2c(sc(NC(=O)CC(C)c3cccc(OC)c3)c2C#N)C1. The lowest BCUT2D eigenvalue weighted by molar-refractivity contribution is -0.116. The number of rotatable bonds is 6. The lowest BCUT2D eigenvalue weighted by atomic mass is 9.97. The minimum Gasteiger partial charge on any atom is -0.497 e. The van der Waals surface area contributed by atoms with E-state index < -0.39 is 0 Å². The highest BCUT2D eigenvalue weighted by Crippen LogP contribution is 2.37. The Labute approximate surface area is 180 Å². The van der Waals surface area contributed by atoms with Gasteiger partial charge in [0.1, 0.15) is 16.8 Å². The van der Waals surface area contributed by atoms with E-state index >= 15 is 0 Å². The fourth-order valence-corrected chi connectivity index (χ4v) is 4.73. The van der Waals surface area contributed by atoms with Gasteiger partial charge in [0, 0.05) is 17.8 Å². The van der Waals surface area contributed by atoms with Crippen molar-refractivity contribution in [3.8, 4) is 11.8 Å². The monoisotopic (exact) mass is 427 g/mol. The number of benzene rings is 1. The van der Waals surface area contributed by atoms with Gasteiger partial charge in [0.2, 0.25) is 5.91 Å². The van der Waals surface area contributed by atoms with E-state index in [1.54, 1.807) is 18.9 Å². The van der Waals surface area contributed by atoms with Crippen LogP contribution in [0, 0.1) is 11.3 Å². The number of methoxy groups -OCH3 is 1. The zero-order valence-corrected chi connectivity index (χ0v) is 18.2. The predicted octanol–water partition coefficient (Wildman–Crippen LogP) is 4.28. The molecule has 1 aliphatic rings. The second-order valence-electron chi connectivity index (χ2n) is 7.12. The molecule has 2 amide bonds. The van der Waals surface area contributed by atoms with Crippen molar-refractivity contribution in [2.45, 2.75) is 39.2 Å². The molecule has 0 saturated carbocycles. The first-order valence-electron chi connectivity index (χ1n) is 9.86. The number of nitriles is 1. The maximum absolute atomic E-state index is 12.7. The number of ether oxygens (including phenoxy) is 2. The molecule has 7 nitrogen and oxygen atoms in total. The van der Waals surface area contributed by atoms with Crippen molar-refractivity contribution in [3.63, 3.8) is 0 Å². The van der Waals surface area contributed by atoms with E-state index in [0.717, 1.165) is 21.8 Å². The molecule has 0 spiro atoms. The first kappa shape index (κ1) is 21.7. The van der Waals surface area contributed by atoms with Crippen LogP contribution in [0.25, 0.3) is 0 Å². The molecule has 0 bridgehead atoms. The Morgan fingerprint density at radius 3 is 2.90 bits per heavy atom. The van der Waals surface area contributed by atoms with E-state index in [0.29, 0.717) is 36.7 Å². The molecule has 2 heterocycles. The molecule has 1 atom stereocenters. The van der Waals surface area contributed by atoms with Gasteiger partial charge in [0.25, 0.3) is 0 Å². The van der Waals surface area contributed by atoms with Crippen LogP contribution < -0.4 is 10.1 Å². The van der Waals surface area contributed by atoms with Crippen LogP contribution in [-0.4, -0.2) is 37.2 Å². The molecule has 8 heteroatoms. The van der Waals surface area contributed by atoms with Gasteiger partial charge in [0.05, 0.1) is 25.8 Å². The summed E-state index contributed by atoms with van der Waals surface area (Å²) in [6, 6.07) is 9.88. The Morgan fingerprint density at radius 1 is 1.40 bits per heavy atom. The van der Waals surface area contributed by atoms with Gasteiger partial charge in [-0.1, -0.05) is 19.1 Å². The summed E-state index contributed by atoms with van der Waals surface area (Å²) in [5.41, 5.74) is 2.43. The predicted molar refractivity (Wildman–Crippen MR) is 115 cm³/mol. The molecule has 158 valence electrons. The quantitative estimate of drug-likeness (QED) is 0.743. The van der Waals surface area contributed by atoms with Gasteiger partial charge in [-0.2, -0.15) is 5.26 Å². The van der Waals surface area contributed by atoms with E-state index in [1.165, 1.54) is 11.3 Å². The second kappa shape index (κ2) is 9.63. The minimum absolute atomic E-state index is 0.000437. The van der Waals surface area contributed by atoms with E-state index in [2.05, 4.69) is 11.4 Å². The number of hydrogen-bond donors (Lipinski definition) is 1. The third kappa shape index (κ3) is 4.74. The highest BCUT2D eigenvalue weighted by molar-refractivity contribution is 7.16. The first-order valence-corrected chi connectivity index (χ1v) is 10.7. The molecule has 3 rings (SSSR count). The van der Waals surface area contributed by atoms with Crippen molar-refractivity contribution < 1.29 is 19.1 Å². The average molecular weight is 428 g/mol. The Morgan fingerprint density at radius 2 is 2.20 bits per heavy atom. The van der Waals surface area contributed by atoms with Gasteiger partial charge in [-0.25, -0.2) is 4.79 Å².